The fourth-order valence-corrected chi connectivity index (χ4v) is 6.46. The summed E-state index contributed by atoms with van der Waals surface area (Å²) in [6.07, 6.45) is -3.73. The van der Waals surface area contributed by atoms with Crippen molar-refractivity contribution < 1.29 is 40.7 Å². The number of amides is 3. The second-order valence-corrected chi connectivity index (χ2v) is 11.5. The van der Waals surface area contributed by atoms with Crippen LogP contribution in [0.15, 0.2) is 48.7 Å². The Kier molecular flexibility index (Phi) is 6.92. The summed E-state index contributed by atoms with van der Waals surface area (Å²) in [6, 6.07) is 7.29. The third-order valence-corrected chi connectivity index (χ3v) is 8.55. The highest BCUT2D eigenvalue weighted by atomic mass is 32.1. The van der Waals surface area contributed by atoms with Crippen molar-refractivity contribution in [1.29, 1.82) is 0 Å². The number of nitrogens with one attached hydrogen (secondary N) is 4. The summed E-state index contributed by atoms with van der Waals surface area (Å²) in [6.45, 7) is -1.02. The number of rotatable bonds is 5. The van der Waals surface area contributed by atoms with Gasteiger partial charge in [0.15, 0.2) is 5.82 Å². The summed E-state index contributed by atoms with van der Waals surface area (Å²) in [5.41, 5.74) is -2.97. The quantitative estimate of drug-likeness (QED) is 0.204. The van der Waals surface area contributed by atoms with Crippen LogP contribution < -0.4 is 21.3 Å². The molecule has 7 rings (SSSR count). The molecule has 0 saturated heterocycles. The highest BCUT2D eigenvalue weighted by Crippen LogP contribution is 2.46. The lowest BCUT2D eigenvalue weighted by Gasteiger charge is -2.36. The van der Waals surface area contributed by atoms with Crippen LogP contribution in [0.25, 0.3) is 10.1 Å². The molecule has 0 bridgehead atoms. The molecule has 0 aliphatic carbocycles. The van der Waals surface area contributed by atoms with Gasteiger partial charge in [-0.3, -0.25) is 19.4 Å². The highest BCUT2D eigenvalue weighted by molar-refractivity contribution is 7.13. The summed E-state index contributed by atoms with van der Waals surface area (Å²) in [7, 11) is 0. The minimum atomic E-state index is -4.66. The molecule has 2 aliphatic rings. The van der Waals surface area contributed by atoms with Gasteiger partial charge in [-0.1, -0.05) is 6.07 Å². The second kappa shape index (κ2) is 10.8. The lowest BCUT2D eigenvalue weighted by atomic mass is 9.86. The first-order valence-corrected chi connectivity index (χ1v) is 14.4. The van der Waals surface area contributed by atoms with Gasteiger partial charge in [-0.05, 0) is 47.4 Å². The normalized spacial score (nSPS) is 16.9. The summed E-state index contributed by atoms with van der Waals surface area (Å²) < 4.78 is 88.0. The third-order valence-electron chi connectivity index (χ3n) is 7.72. The fraction of sp³-hybridized carbons (Fsp3) is 0.172. The van der Waals surface area contributed by atoms with Crippen LogP contribution in [0.5, 0.6) is 0 Å². The Labute approximate surface area is 263 Å². The molecule has 0 fully saturated rings. The minimum absolute atomic E-state index is 0.00578. The topological polar surface area (TPSA) is 143 Å². The highest BCUT2D eigenvalue weighted by Gasteiger charge is 2.51. The maximum Gasteiger partial charge on any atom is 0.433 e. The van der Waals surface area contributed by atoms with Crippen LogP contribution >= 0.6 is 11.5 Å². The second-order valence-electron chi connectivity index (χ2n) is 10.7. The number of hydrogen-bond donors (Lipinski definition) is 4. The van der Waals surface area contributed by atoms with Gasteiger partial charge >= 0.3 is 6.18 Å². The van der Waals surface area contributed by atoms with Crippen molar-refractivity contribution in [3.8, 4) is 0 Å². The van der Waals surface area contributed by atoms with Crippen LogP contribution in [0.2, 0.25) is 0 Å². The lowest BCUT2D eigenvalue weighted by Crippen LogP contribution is -2.55. The number of nitrogens with zero attached hydrogens (tertiary/aromatic N) is 4. The third kappa shape index (κ3) is 5.09. The summed E-state index contributed by atoms with van der Waals surface area (Å²) in [5, 5.41) is 10.8. The predicted molar refractivity (Wildman–Crippen MR) is 154 cm³/mol. The SMILES string of the molecule is O=C1Cn2c(C(=O)NCc3ccc(C(F)(F)F)nc3)nc(NC(=O)c3nsc4ccc(F)cc34)c2[C@]2(CNc3c(F)cc(F)cc32)N1. The van der Waals surface area contributed by atoms with Crippen LogP contribution in [-0.4, -0.2) is 43.2 Å². The molecular weight excluding hydrogens is 654 g/mol. The minimum Gasteiger partial charge on any atom is -0.379 e. The van der Waals surface area contributed by atoms with Crippen molar-refractivity contribution in [2.45, 2.75) is 24.8 Å². The van der Waals surface area contributed by atoms with E-state index in [0.29, 0.717) is 10.8 Å². The average Bonchev–Trinajstić information content (AvgIpc) is 3.70. The molecule has 18 heteroatoms. The number of fused-ring (bicyclic) bond motifs is 5. The van der Waals surface area contributed by atoms with Crippen LogP contribution in [0.4, 0.5) is 37.8 Å². The van der Waals surface area contributed by atoms with Crippen molar-refractivity contribution >= 4 is 50.8 Å². The van der Waals surface area contributed by atoms with Crippen LogP contribution in [0.3, 0.4) is 0 Å². The number of anilines is 2. The van der Waals surface area contributed by atoms with Crippen molar-refractivity contribution in [1.82, 2.24) is 29.5 Å². The molecule has 0 radical (unpaired) electrons. The number of benzene rings is 2. The molecule has 3 amide bonds. The smallest absolute Gasteiger partial charge is 0.379 e. The Morgan fingerprint density at radius 1 is 1.04 bits per heavy atom. The largest absolute Gasteiger partial charge is 0.433 e. The Hall–Kier alpha value is -5.52. The number of halogens is 6. The standard InChI is InChI=1S/C29H18F6N8O3S/c30-13-2-3-18-15(5-13)21(42-47-18)26(45)40-24-23-28(11-38-22-16(28)6-14(31)7-17(22)32)41-20(44)10-43(23)25(39-24)27(46)37-9-12-1-4-19(36-8-12)29(33,34)35/h1-8,38H,9-11H2,(H,37,46)(H,40,45)(H,41,44)/t28-/m1/s1. The maximum atomic E-state index is 14.8. The van der Waals surface area contributed by atoms with Crippen LogP contribution in [0.1, 0.15) is 43.6 Å². The van der Waals surface area contributed by atoms with Crippen molar-refractivity contribution in [2.75, 3.05) is 17.2 Å². The van der Waals surface area contributed by atoms with Gasteiger partial charge in [-0.15, -0.1) is 0 Å². The van der Waals surface area contributed by atoms with E-state index in [-0.39, 0.29) is 52.5 Å². The maximum absolute atomic E-state index is 14.8. The number of pyridine rings is 1. The molecule has 2 aromatic carbocycles. The number of alkyl halides is 3. The number of carbonyl (C=O) groups is 3. The summed E-state index contributed by atoms with van der Waals surface area (Å²) >= 11 is 0.935. The fourth-order valence-electron chi connectivity index (χ4n) is 5.71. The first-order valence-electron chi connectivity index (χ1n) is 13.7. The van der Waals surface area contributed by atoms with E-state index in [4.69, 9.17) is 0 Å². The zero-order valence-corrected chi connectivity index (χ0v) is 24.2. The van der Waals surface area contributed by atoms with E-state index >= 15 is 0 Å². The molecule has 2 aliphatic heterocycles. The average molecular weight is 673 g/mol. The number of aromatic nitrogens is 4. The molecule has 1 spiro atoms. The van der Waals surface area contributed by atoms with E-state index in [1.165, 1.54) is 16.7 Å². The molecule has 0 saturated carbocycles. The molecule has 47 heavy (non-hydrogen) atoms. The molecule has 4 N–H and O–H groups in total. The van der Waals surface area contributed by atoms with E-state index < -0.39 is 65.0 Å². The van der Waals surface area contributed by atoms with Gasteiger partial charge in [-0.25, -0.2) is 18.2 Å². The van der Waals surface area contributed by atoms with Gasteiger partial charge in [-0.2, -0.15) is 17.5 Å². The Bertz CT molecular complexity index is 2130. The van der Waals surface area contributed by atoms with E-state index in [1.807, 2.05) is 0 Å². The lowest BCUT2D eigenvalue weighted by molar-refractivity contribution is -0.141. The number of hydrogen-bond acceptors (Lipinski definition) is 8. The molecule has 240 valence electrons. The van der Waals surface area contributed by atoms with Gasteiger partial charge < -0.3 is 25.8 Å². The van der Waals surface area contributed by atoms with E-state index in [1.54, 1.807) is 0 Å². The number of carbonyl (C=O) groups excluding carboxylic acids is 3. The Morgan fingerprint density at radius 2 is 1.85 bits per heavy atom. The molecular formula is C29H18F6N8O3S. The van der Waals surface area contributed by atoms with Crippen molar-refractivity contribution in [2.24, 2.45) is 0 Å². The van der Waals surface area contributed by atoms with Crippen molar-refractivity contribution in [3.63, 3.8) is 0 Å². The monoisotopic (exact) mass is 672 g/mol. The molecule has 5 heterocycles. The Balaban J connectivity index is 1.30. The number of imidazole rings is 1. The zero-order chi connectivity index (χ0) is 33.2. The van der Waals surface area contributed by atoms with E-state index in [9.17, 15) is 40.7 Å². The van der Waals surface area contributed by atoms with Crippen LogP contribution in [0, 0.1) is 17.5 Å². The Morgan fingerprint density at radius 3 is 2.60 bits per heavy atom. The van der Waals surface area contributed by atoms with Gasteiger partial charge in [0.1, 0.15) is 40.9 Å². The molecule has 3 aromatic heterocycles. The summed E-state index contributed by atoms with van der Waals surface area (Å²) in [5.74, 6) is -5.60. The molecule has 1 atom stereocenters. The molecule has 11 nitrogen and oxygen atoms in total. The molecule has 0 unspecified atom stereocenters. The zero-order valence-electron chi connectivity index (χ0n) is 23.4. The van der Waals surface area contributed by atoms with Crippen molar-refractivity contribution in [3.05, 3.63) is 100 Å². The van der Waals surface area contributed by atoms with Gasteiger partial charge in [0, 0.05) is 36.3 Å². The van der Waals surface area contributed by atoms with Gasteiger partial charge in [0.05, 0.1) is 16.1 Å². The van der Waals surface area contributed by atoms with Gasteiger partial charge in [0.2, 0.25) is 11.7 Å². The van der Waals surface area contributed by atoms with E-state index in [2.05, 4.69) is 35.6 Å². The molecule has 5 aromatic rings. The van der Waals surface area contributed by atoms with Crippen LogP contribution in [-0.2, 0) is 29.6 Å². The first kappa shape index (κ1) is 30.2. The predicted octanol–water partition coefficient (Wildman–Crippen LogP) is 4.31. The first-order chi connectivity index (χ1) is 22.3. The van der Waals surface area contributed by atoms with Gasteiger partial charge in [0.25, 0.3) is 11.8 Å². The summed E-state index contributed by atoms with van der Waals surface area (Å²) in [4.78, 5) is 47.8. The van der Waals surface area contributed by atoms with E-state index in [0.717, 1.165) is 42.0 Å².